The second-order valence-corrected chi connectivity index (χ2v) is 8.27. The Labute approximate surface area is 183 Å². The van der Waals surface area contributed by atoms with E-state index in [1.807, 2.05) is 0 Å². The first kappa shape index (κ1) is 23.9. The first-order valence-corrected chi connectivity index (χ1v) is 10.3. The van der Waals surface area contributed by atoms with Gasteiger partial charge in [0.1, 0.15) is 18.3 Å². The number of nitrogens with zero attached hydrogens (tertiary/aromatic N) is 2. The Morgan fingerprint density at radius 3 is 2.50 bits per heavy atom. The maximum atomic E-state index is 13.3. The second-order valence-electron chi connectivity index (χ2n) is 8.27. The summed E-state index contributed by atoms with van der Waals surface area (Å²) in [5.41, 5.74) is -0.0412. The van der Waals surface area contributed by atoms with Gasteiger partial charge in [0.2, 0.25) is 0 Å². The highest BCUT2D eigenvalue weighted by molar-refractivity contribution is 5.71. The van der Waals surface area contributed by atoms with Gasteiger partial charge in [-0.05, 0) is 50.8 Å². The number of aliphatic carboxylic acids is 1. The molecule has 3 N–H and O–H groups in total. The number of benzene rings is 1. The summed E-state index contributed by atoms with van der Waals surface area (Å²) in [6.45, 7) is 4.33. The van der Waals surface area contributed by atoms with Crippen LogP contribution in [0.2, 0.25) is 0 Å². The minimum Gasteiger partial charge on any atom is -0.481 e. The van der Waals surface area contributed by atoms with Gasteiger partial charge < -0.3 is 15.7 Å². The number of halogens is 4. The average molecular weight is 454 g/mol. The van der Waals surface area contributed by atoms with Gasteiger partial charge in [0.15, 0.2) is 0 Å². The fourth-order valence-corrected chi connectivity index (χ4v) is 3.75. The van der Waals surface area contributed by atoms with Crippen LogP contribution in [0.15, 0.2) is 18.2 Å². The summed E-state index contributed by atoms with van der Waals surface area (Å²) in [7, 11) is 0. The van der Waals surface area contributed by atoms with Gasteiger partial charge in [-0.2, -0.15) is 13.2 Å². The Morgan fingerprint density at radius 2 is 1.94 bits per heavy atom. The molecular weight excluding hydrogens is 428 g/mol. The van der Waals surface area contributed by atoms with E-state index < -0.39 is 36.0 Å². The van der Waals surface area contributed by atoms with Gasteiger partial charge >= 0.3 is 12.1 Å². The molecule has 0 aliphatic heterocycles. The van der Waals surface area contributed by atoms with Gasteiger partial charge in [-0.25, -0.2) is 14.4 Å². The number of hydrogen-bond donors (Lipinski definition) is 3. The predicted molar refractivity (Wildman–Crippen MR) is 111 cm³/mol. The minimum atomic E-state index is -4.47. The van der Waals surface area contributed by atoms with Crippen LogP contribution in [0.4, 0.5) is 23.4 Å². The third-order valence-corrected chi connectivity index (χ3v) is 5.77. The molecule has 0 bridgehead atoms. The van der Waals surface area contributed by atoms with Crippen LogP contribution < -0.4 is 10.6 Å². The van der Waals surface area contributed by atoms with E-state index in [9.17, 15) is 27.5 Å². The lowest BCUT2D eigenvalue weighted by atomic mass is 9.97. The summed E-state index contributed by atoms with van der Waals surface area (Å²) in [5, 5.41) is 15.6. The number of anilines is 1. The first-order valence-electron chi connectivity index (χ1n) is 10.3. The Morgan fingerprint density at radius 1 is 1.25 bits per heavy atom. The Kier molecular flexibility index (Phi) is 6.73. The Balaban J connectivity index is 1.96. The van der Waals surface area contributed by atoms with Crippen molar-refractivity contribution in [3.8, 4) is 0 Å². The Bertz CT molecular complexity index is 1010. The summed E-state index contributed by atoms with van der Waals surface area (Å²) < 4.78 is 53.3. The summed E-state index contributed by atoms with van der Waals surface area (Å²) in [6, 6.07) is 3.44. The lowest BCUT2D eigenvalue weighted by Gasteiger charge is -2.23. The number of nitrogens with one attached hydrogen (secondary N) is 2. The van der Waals surface area contributed by atoms with Crippen LogP contribution in [-0.4, -0.2) is 33.3 Å². The van der Waals surface area contributed by atoms with E-state index in [-0.39, 0.29) is 24.2 Å². The number of rotatable bonds is 9. The van der Waals surface area contributed by atoms with Gasteiger partial charge in [-0.15, -0.1) is 0 Å². The topological polar surface area (TPSA) is 87.1 Å². The maximum Gasteiger partial charge on any atom is 0.416 e. The summed E-state index contributed by atoms with van der Waals surface area (Å²) in [6.07, 6.45) is -3.48. The maximum absolute atomic E-state index is 13.3. The smallest absolute Gasteiger partial charge is 0.416 e. The van der Waals surface area contributed by atoms with Crippen molar-refractivity contribution in [3.63, 3.8) is 0 Å². The summed E-state index contributed by atoms with van der Waals surface area (Å²) in [4.78, 5) is 20.0. The van der Waals surface area contributed by atoms with Crippen LogP contribution in [0.5, 0.6) is 0 Å². The van der Waals surface area contributed by atoms with E-state index in [1.165, 1.54) is 13.0 Å². The van der Waals surface area contributed by atoms with Crippen molar-refractivity contribution < 1.29 is 27.5 Å². The van der Waals surface area contributed by atoms with Gasteiger partial charge in [-0.3, -0.25) is 4.79 Å². The van der Waals surface area contributed by atoms with Crippen LogP contribution in [0, 0.1) is 13.8 Å². The molecule has 174 valence electrons. The molecule has 0 amide bonds. The highest BCUT2D eigenvalue weighted by Gasteiger charge is 2.42. The van der Waals surface area contributed by atoms with Crippen LogP contribution >= 0.6 is 0 Å². The van der Waals surface area contributed by atoms with E-state index in [0.29, 0.717) is 35.6 Å². The van der Waals surface area contributed by atoms with Crippen molar-refractivity contribution in [2.75, 3.05) is 12.0 Å². The summed E-state index contributed by atoms with van der Waals surface area (Å²) >= 11 is 0. The first-order chi connectivity index (χ1) is 15.0. The van der Waals surface area contributed by atoms with Crippen molar-refractivity contribution >= 4 is 11.8 Å². The standard InChI is InChI=1S/C22H26F4N4O2/c1-12-15(5-4-6-17(12)22(24,25)26)13(2)28-20-16(10-27-21(11-23)7-8-21)18(9-19(31)32)29-14(3)30-20/h4-6,13,27H,7-11H2,1-3H3,(H,31,32)(H,28,29,30). The molecule has 1 unspecified atom stereocenters. The minimum absolute atomic E-state index is 0.102. The van der Waals surface area contributed by atoms with Gasteiger partial charge in [0.25, 0.3) is 0 Å². The molecule has 1 aliphatic carbocycles. The number of carboxylic acids is 1. The number of carbonyl (C=O) groups is 1. The zero-order valence-corrected chi connectivity index (χ0v) is 18.1. The lowest BCUT2D eigenvalue weighted by Crippen LogP contribution is -2.33. The van der Waals surface area contributed by atoms with E-state index in [4.69, 9.17) is 0 Å². The molecule has 0 spiro atoms. The Hall–Kier alpha value is -2.75. The average Bonchev–Trinajstić information content (AvgIpc) is 3.46. The molecule has 1 heterocycles. The molecule has 1 aromatic carbocycles. The molecule has 1 fully saturated rings. The molecular formula is C22H26F4N4O2. The molecule has 1 aromatic heterocycles. The third-order valence-electron chi connectivity index (χ3n) is 5.77. The second kappa shape index (κ2) is 9.01. The number of aryl methyl sites for hydroxylation is 1. The predicted octanol–water partition coefficient (Wildman–Crippen LogP) is 4.50. The highest BCUT2D eigenvalue weighted by Crippen LogP contribution is 2.37. The molecule has 0 radical (unpaired) electrons. The molecule has 6 nitrogen and oxygen atoms in total. The quantitative estimate of drug-likeness (QED) is 0.484. The van der Waals surface area contributed by atoms with Crippen molar-refractivity contribution in [2.45, 2.75) is 64.3 Å². The van der Waals surface area contributed by atoms with Crippen molar-refractivity contribution in [3.05, 3.63) is 52.0 Å². The van der Waals surface area contributed by atoms with Gasteiger partial charge in [0.05, 0.1) is 23.7 Å². The van der Waals surface area contributed by atoms with Crippen LogP contribution in [0.3, 0.4) is 0 Å². The van der Waals surface area contributed by atoms with E-state index in [0.717, 1.165) is 6.07 Å². The zero-order chi connectivity index (χ0) is 23.7. The van der Waals surface area contributed by atoms with Crippen molar-refractivity contribution in [1.82, 2.24) is 15.3 Å². The fraction of sp³-hybridized carbons (Fsp3) is 0.500. The van der Waals surface area contributed by atoms with E-state index >= 15 is 0 Å². The highest BCUT2D eigenvalue weighted by atomic mass is 19.4. The van der Waals surface area contributed by atoms with Crippen LogP contribution in [0.1, 0.15) is 59.6 Å². The molecule has 0 saturated heterocycles. The van der Waals surface area contributed by atoms with Gasteiger partial charge in [-0.1, -0.05) is 12.1 Å². The van der Waals surface area contributed by atoms with Crippen LogP contribution in [0.25, 0.3) is 0 Å². The molecule has 10 heteroatoms. The molecule has 1 atom stereocenters. The largest absolute Gasteiger partial charge is 0.481 e. The van der Waals surface area contributed by atoms with Gasteiger partial charge in [0, 0.05) is 17.6 Å². The van der Waals surface area contributed by atoms with Crippen LogP contribution in [-0.2, 0) is 23.9 Å². The zero-order valence-electron chi connectivity index (χ0n) is 18.1. The SMILES string of the molecule is Cc1nc(CC(=O)O)c(CNC2(CF)CC2)c(NC(C)c2cccc(C(F)(F)F)c2C)n1. The normalized spacial score (nSPS) is 16.0. The fourth-order valence-electron chi connectivity index (χ4n) is 3.75. The summed E-state index contributed by atoms with van der Waals surface area (Å²) in [5.74, 6) is -0.434. The number of aromatic nitrogens is 2. The third kappa shape index (κ3) is 5.35. The number of carboxylic acid groups (broad SMARTS) is 1. The van der Waals surface area contributed by atoms with Crippen molar-refractivity contribution in [2.24, 2.45) is 0 Å². The van der Waals surface area contributed by atoms with E-state index in [1.54, 1.807) is 19.9 Å². The molecule has 32 heavy (non-hydrogen) atoms. The van der Waals surface area contributed by atoms with Crippen molar-refractivity contribution in [1.29, 1.82) is 0 Å². The molecule has 1 saturated carbocycles. The molecule has 1 aliphatic rings. The van der Waals surface area contributed by atoms with E-state index in [2.05, 4.69) is 20.6 Å². The lowest BCUT2D eigenvalue weighted by molar-refractivity contribution is -0.138. The molecule has 3 rings (SSSR count). The monoisotopic (exact) mass is 454 g/mol. The number of hydrogen-bond acceptors (Lipinski definition) is 5. The molecule has 2 aromatic rings. The number of alkyl halides is 4.